The van der Waals surface area contributed by atoms with Crippen LogP contribution in [0.1, 0.15) is 23.0 Å². The Balaban J connectivity index is 2.01. The van der Waals surface area contributed by atoms with Crippen LogP contribution in [0.15, 0.2) is 54.7 Å². The summed E-state index contributed by atoms with van der Waals surface area (Å²) < 4.78 is 0. The van der Waals surface area contributed by atoms with Crippen molar-refractivity contribution in [3.63, 3.8) is 0 Å². The maximum absolute atomic E-state index is 6.25. The average Bonchev–Trinajstić information content (AvgIpc) is 2.47. The first-order chi connectivity index (χ1) is 9.24. The Kier molecular flexibility index (Phi) is 2.97. The number of hydrogen-bond acceptors (Lipinski definition) is 3. The molecule has 0 aliphatic carbocycles. The predicted molar refractivity (Wildman–Crippen MR) is 76.7 cm³/mol. The lowest BCUT2D eigenvalue weighted by molar-refractivity contribution is 0.827. The van der Waals surface area contributed by atoms with Crippen LogP contribution in [0.25, 0.3) is 10.9 Å². The van der Waals surface area contributed by atoms with Crippen LogP contribution in [0.4, 0.5) is 0 Å². The van der Waals surface area contributed by atoms with Gasteiger partial charge in [0.15, 0.2) is 0 Å². The molecule has 0 fully saturated rings. The largest absolute Gasteiger partial charge is 0.319 e. The molecule has 3 aromatic rings. The van der Waals surface area contributed by atoms with Crippen molar-refractivity contribution in [3.05, 3.63) is 71.7 Å². The van der Waals surface area contributed by atoms with Gasteiger partial charge in [-0.25, -0.2) is 0 Å². The summed E-state index contributed by atoms with van der Waals surface area (Å²) in [7, 11) is 0. The van der Waals surface area contributed by atoms with Gasteiger partial charge in [-0.3, -0.25) is 9.97 Å². The van der Waals surface area contributed by atoms with E-state index in [0.29, 0.717) is 0 Å². The van der Waals surface area contributed by atoms with Crippen molar-refractivity contribution in [3.8, 4) is 0 Å². The maximum Gasteiger partial charge on any atom is 0.0741 e. The third kappa shape index (κ3) is 2.33. The normalized spacial score (nSPS) is 12.5. The molecule has 0 aliphatic rings. The fourth-order valence-electron chi connectivity index (χ4n) is 2.09. The lowest BCUT2D eigenvalue weighted by Crippen LogP contribution is -2.13. The fraction of sp³-hybridized carbons (Fsp3) is 0.125. The van der Waals surface area contributed by atoms with E-state index in [0.717, 1.165) is 27.9 Å². The van der Waals surface area contributed by atoms with Crippen LogP contribution in [0.5, 0.6) is 0 Å². The van der Waals surface area contributed by atoms with Crippen LogP contribution < -0.4 is 5.73 Å². The zero-order chi connectivity index (χ0) is 13.2. The zero-order valence-electron chi connectivity index (χ0n) is 10.7. The lowest BCUT2D eigenvalue weighted by atomic mass is 10.0. The van der Waals surface area contributed by atoms with Gasteiger partial charge < -0.3 is 5.73 Å². The van der Waals surface area contributed by atoms with Gasteiger partial charge in [0, 0.05) is 17.3 Å². The second kappa shape index (κ2) is 4.78. The highest BCUT2D eigenvalue weighted by Crippen LogP contribution is 2.20. The number of benzene rings is 1. The molecule has 2 heterocycles. The SMILES string of the molecule is Cc1ccc(C(N)c2ccc3ccccc3n2)cn1. The monoisotopic (exact) mass is 249 g/mol. The van der Waals surface area contributed by atoms with E-state index < -0.39 is 0 Å². The van der Waals surface area contributed by atoms with Gasteiger partial charge in [0.05, 0.1) is 17.3 Å². The van der Waals surface area contributed by atoms with E-state index in [9.17, 15) is 0 Å². The molecule has 0 saturated heterocycles. The van der Waals surface area contributed by atoms with Crippen molar-refractivity contribution < 1.29 is 0 Å². The third-order valence-corrected chi connectivity index (χ3v) is 3.23. The standard InChI is InChI=1S/C16H15N3/c1-11-6-7-13(10-18-11)16(17)15-9-8-12-4-2-3-5-14(12)19-15/h2-10,16H,17H2,1H3. The summed E-state index contributed by atoms with van der Waals surface area (Å²) in [6.45, 7) is 1.96. The molecule has 1 aromatic carbocycles. The Hall–Kier alpha value is -2.26. The van der Waals surface area contributed by atoms with E-state index >= 15 is 0 Å². The van der Waals surface area contributed by atoms with Gasteiger partial charge in [-0.2, -0.15) is 0 Å². The highest BCUT2D eigenvalue weighted by Gasteiger charge is 2.11. The predicted octanol–water partition coefficient (Wildman–Crippen LogP) is 2.99. The molecule has 3 rings (SSSR count). The van der Waals surface area contributed by atoms with Gasteiger partial charge in [-0.15, -0.1) is 0 Å². The van der Waals surface area contributed by atoms with Gasteiger partial charge in [0.1, 0.15) is 0 Å². The minimum atomic E-state index is -0.238. The Bertz CT molecular complexity index is 705. The Morgan fingerprint density at radius 1 is 1.00 bits per heavy atom. The Morgan fingerprint density at radius 3 is 2.63 bits per heavy atom. The van der Waals surface area contributed by atoms with E-state index in [1.807, 2.05) is 55.6 Å². The summed E-state index contributed by atoms with van der Waals surface area (Å²) in [5.74, 6) is 0. The number of aromatic nitrogens is 2. The first-order valence-corrected chi connectivity index (χ1v) is 6.28. The summed E-state index contributed by atoms with van der Waals surface area (Å²) in [6, 6.07) is 15.8. The van der Waals surface area contributed by atoms with Crippen molar-refractivity contribution >= 4 is 10.9 Å². The highest BCUT2D eigenvalue weighted by atomic mass is 14.8. The molecule has 0 spiro atoms. The molecule has 0 aliphatic heterocycles. The summed E-state index contributed by atoms with van der Waals surface area (Å²) in [5, 5.41) is 1.13. The quantitative estimate of drug-likeness (QED) is 0.759. The Morgan fingerprint density at radius 2 is 1.84 bits per heavy atom. The number of para-hydroxylation sites is 1. The highest BCUT2D eigenvalue weighted by molar-refractivity contribution is 5.78. The van der Waals surface area contributed by atoms with Crippen LogP contribution >= 0.6 is 0 Å². The molecule has 94 valence electrons. The molecule has 0 bridgehead atoms. The smallest absolute Gasteiger partial charge is 0.0741 e. The molecule has 2 aromatic heterocycles. The topological polar surface area (TPSA) is 51.8 Å². The molecule has 0 saturated carbocycles. The van der Waals surface area contributed by atoms with Crippen molar-refractivity contribution in [1.29, 1.82) is 0 Å². The average molecular weight is 249 g/mol. The first kappa shape index (κ1) is 11.8. The molecule has 19 heavy (non-hydrogen) atoms. The second-order valence-corrected chi connectivity index (χ2v) is 4.64. The molecule has 1 unspecified atom stereocenters. The van der Waals surface area contributed by atoms with Crippen LogP contribution in [0, 0.1) is 6.92 Å². The molecular formula is C16H15N3. The molecular weight excluding hydrogens is 234 g/mol. The molecule has 1 atom stereocenters. The first-order valence-electron chi connectivity index (χ1n) is 6.28. The third-order valence-electron chi connectivity index (χ3n) is 3.23. The van der Waals surface area contributed by atoms with Gasteiger partial charge in [0.25, 0.3) is 0 Å². The van der Waals surface area contributed by atoms with Gasteiger partial charge in [-0.05, 0) is 30.7 Å². The summed E-state index contributed by atoms with van der Waals surface area (Å²) in [5.41, 5.74) is 10.1. The van der Waals surface area contributed by atoms with E-state index in [2.05, 4.69) is 16.0 Å². The summed E-state index contributed by atoms with van der Waals surface area (Å²) >= 11 is 0. The summed E-state index contributed by atoms with van der Waals surface area (Å²) in [4.78, 5) is 8.90. The Labute approximate surface area is 112 Å². The number of rotatable bonds is 2. The molecule has 0 radical (unpaired) electrons. The molecule has 0 amide bonds. The van der Waals surface area contributed by atoms with Gasteiger partial charge in [0.2, 0.25) is 0 Å². The minimum Gasteiger partial charge on any atom is -0.319 e. The van der Waals surface area contributed by atoms with E-state index in [4.69, 9.17) is 5.73 Å². The van der Waals surface area contributed by atoms with E-state index in [1.165, 1.54) is 0 Å². The number of aryl methyl sites for hydroxylation is 1. The second-order valence-electron chi connectivity index (χ2n) is 4.64. The summed E-state index contributed by atoms with van der Waals surface area (Å²) in [6.07, 6.45) is 1.82. The van der Waals surface area contributed by atoms with Crippen molar-refractivity contribution in [2.45, 2.75) is 13.0 Å². The van der Waals surface area contributed by atoms with Crippen LogP contribution in [-0.4, -0.2) is 9.97 Å². The van der Waals surface area contributed by atoms with E-state index in [1.54, 1.807) is 0 Å². The van der Waals surface area contributed by atoms with Gasteiger partial charge in [-0.1, -0.05) is 30.3 Å². The number of pyridine rings is 2. The molecule has 2 N–H and O–H groups in total. The van der Waals surface area contributed by atoms with Crippen molar-refractivity contribution in [2.75, 3.05) is 0 Å². The van der Waals surface area contributed by atoms with Crippen LogP contribution in [0.2, 0.25) is 0 Å². The van der Waals surface area contributed by atoms with Gasteiger partial charge >= 0.3 is 0 Å². The lowest BCUT2D eigenvalue weighted by Gasteiger charge is -2.12. The number of fused-ring (bicyclic) bond motifs is 1. The van der Waals surface area contributed by atoms with Crippen molar-refractivity contribution in [2.24, 2.45) is 5.73 Å². The number of nitrogens with two attached hydrogens (primary N) is 1. The molecule has 3 nitrogen and oxygen atoms in total. The maximum atomic E-state index is 6.25. The van der Waals surface area contributed by atoms with Crippen molar-refractivity contribution in [1.82, 2.24) is 9.97 Å². The van der Waals surface area contributed by atoms with Crippen LogP contribution in [-0.2, 0) is 0 Å². The zero-order valence-corrected chi connectivity index (χ0v) is 10.7. The minimum absolute atomic E-state index is 0.238. The van der Waals surface area contributed by atoms with Crippen LogP contribution in [0.3, 0.4) is 0 Å². The fourth-order valence-corrected chi connectivity index (χ4v) is 2.09. The number of hydrogen-bond donors (Lipinski definition) is 1. The molecule has 3 heteroatoms. The van der Waals surface area contributed by atoms with E-state index in [-0.39, 0.29) is 6.04 Å². The number of nitrogens with zero attached hydrogens (tertiary/aromatic N) is 2.